The lowest BCUT2D eigenvalue weighted by atomic mass is 10.0. The maximum absolute atomic E-state index is 14.2. The Morgan fingerprint density at radius 2 is 1.37 bits per heavy atom. The van der Waals surface area contributed by atoms with Gasteiger partial charge in [-0.15, -0.1) is 0 Å². The van der Waals surface area contributed by atoms with Crippen molar-refractivity contribution < 1.29 is 18.4 Å². The lowest BCUT2D eigenvalue weighted by molar-refractivity contribution is 0.0172. The van der Waals surface area contributed by atoms with Gasteiger partial charge in [-0.1, -0.05) is 72.8 Å². The summed E-state index contributed by atoms with van der Waals surface area (Å²) < 4.78 is 39.6. The van der Waals surface area contributed by atoms with Gasteiger partial charge in [0.1, 0.15) is 17.3 Å². The van der Waals surface area contributed by atoms with Gasteiger partial charge in [-0.2, -0.15) is 0 Å². The van der Waals surface area contributed by atoms with Crippen LogP contribution >= 0.6 is 7.29 Å². The van der Waals surface area contributed by atoms with E-state index in [0.29, 0.717) is 31.3 Å². The Morgan fingerprint density at radius 1 is 0.829 bits per heavy atom. The summed E-state index contributed by atoms with van der Waals surface area (Å²) in [7, 11) is -3.12. The van der Waals surface area contributed by atoms with Gasteiger partial charge < -0.3 is 9.47 Å². The number of hydrogen-bond acceptors (Lipinski definition) is 4. The Labute approximate surface area is 205 Å². The summed E-state index contributed by atoms with van der Waals surface area (Å²) in [5, 5.41) is 3.35. The molecule has 0 amide bonds. The molecule has 5 rings (SSSR count). The van der Waals surface area contributed by atoms with Crippen molar-refractivity contribution in [1.82, 2.24) is 9.99 Å². The average Bonchev–Trinajstić information content (AvgIpc) is 2.91. The Hall–Kier alpha value is -3.02. The van der Waals surface area contributed by atoms with E-state index in [0.717, 1.165) is 29.8 Å². The predicted molar refractivity (Wildman–Crippen MR) is 137 cm³/mol. The number of rotatable bonds is 7. The van der Waals surface area contributed by atoms with Crippen molar-refractivity contribution in [2.45, 2.75) is 6.04 Å². The third-order valence-electron chi connectivity index (χ3n) is 6.23. The molecule has 0 radical (unpaired) electrons. The average molecular weight is 491 g/mol. The van der Waals surface area contributed by atoms with Gasteiger partial charge in [-0.3, -0.25) is 14.6 Å². The van der Waals surface area contributed by atoms with E-state index in [2.05, 4.69) is 9.99 Å². The summed E-state index contributed by atoms with van der Waals surface area (Å²) in [6.07, 6.45) is 0. The molecule has 0 aromatic heterocycles. The second kappa shape index (κ2) is 10.7. The monoisotopic (exact) mass is 490 g/mol. The molecule has 1 saturated heterocycles. The van der Waals surface area contributed by atoms with Gasteiger partial charge in [-0.25, -0.2) is 4.39 Å². The van der Waals surface area contributed by atoms with E-state index < -0.39 is 7.29 Å². The van der Waals surface area contributed by atoms with E-state index in [4.69, 9.17) is 9.47 Å². The van der Waals surface area contributed by atoms with Crippen molar-refractivity contribution in [3.63, 3.8) is 0 Å². The summed E-state index contributed by atoms with van der Waals surface area (Å²) >= 11 is 0. The molecule has 0 saturated carbocycles. The molecule has 2 aliphatic rings. The van der Waals surface area contributed by atoms with E-state index in [1.807, 2.05) is 60.7 Å². The minimum absolute atomic E-state index is 0.0738. The van der Waals surface area contributed by atoms with E-state index >= 15 is 0 Å². The lowest BCUT2D eigenvalue weighted by Gasteiger charge is -2.35. The number of morpholine rings is 1. The van der Waals surface area contributed by atoms with Crippen LogP contribution in [0.2, 0.25) is 0 Å². The van der Waals surface area contributed by atoms with Gasteiger partial charge in [0.15, 0.2) is 7.29 Å². The highest BCUT2D eigenvalue weighted by molar-refractivity contribution is 7.68. The van der Waals surface area contributed by atoms with Crippen LogP contribution in [0, 0.1) is 5.82 Å². The van der Waals surface area contributed by atoms with Gasteiger partial charge in [0, 0.05) is 48.4 Å². The fourth-order valence-electron chi connectivity index (χ4n) is 4.38. The van der Waals surface area contributed by atoms with Crippen molar-refractivity contribution in [2.24, 2.45) is 0 Å². The van der Waals surface area contributed by atoms with Crippen LogP contribution in [-0.2, 0) is 14.0 Å². The van der Waals surface area contributed by atoms with E-state index in [1.165, 1.54) is 12.1 Å². The fourth-order valence-corrected chi connectivity index (χ4v) is 6.20. The van der Waals surface area contributed by atoms with Crippen LogP contribution in [0.3, 0.4) is 0 Å². The number of nitrogens with zero attached hydrogens (tertiary/aromatic N) is 1. The minimum Gasteiger partial charge on any atom is -0.456 e. The van der Waals surface area contributed by atoms with Crippen molar-refractivity contribution >= 4 is 18.8 Å². The number of halogens is 1. The Kier molecular flexibility index (Phi) is 7.26. The first kappa shape index (κ1) is 23.7. The molecule has 0 aliphatic carbocycles. The first-order valence-electron chi connectivity index (χ1n) is 11.8. The molecule has 0 spiro atoms. The molecule has 0 bridgehead atoms. The van der Waals surface area contributed by atoms with Gasteiger partial charge in [0.2, 0.25) is 0 Å². The van der Waals surface area contributed by atoms with Crippen LogP contribution in [0.5, 0.6) is 0 Å². The molecule has 3 aromatic carbocycles. The molecule has 180 valence electrons. The third-order valence-corrected chi connectivity index (χ3v) is 8.14. The highest BCUT2D eigenvalue weighted by Gasteiger charge is 2.30. The second-order valence-corrected chi connectivity index (χ2v) is 10.9. The summed E-state index contributed by atoms with van der Waals surface area (Å²) in [6.45, 7) is 3.22. The van der Waals surface area contributed by atoms with Crippen LogP contribution in [0.4, 0.5) is 4.39 Å². The van der Waals surface area contributed by atoms with Crippen molar-refractivity contribution in [3.05, 3.63) is 119 Å². The Balaban J connectivity index is 1.46. The molecular weight excluding hydrogens is 462 g/mol. The molecule has 0 unspecified atom stereocenters. The third kappa shape index (κ3) is 5.80. The molecule has 7 heteroatoms. The zero-order valence-electron chi connectivity index (χ0n) is 19.3. The topological polar surface area (TPSA) is 50.8 Å². The van der Waals surface area contributed by atoms with E-state index in [9.17, 15) is 8.96 Å². The molecule has 5 nitrogen and oxygen atoms in total. The maximum atomic E-state index is 14.2. The zero-order chi connectivity index (χ0) is 24.1. The smallest absolute Gasteiger partial charge is 0.198 e. The number of ether oxygens (including phenoxy) is 2. The predicted octanol–water partition coefficient (Wildman–Crippen LogP) is 6.09. The second-order valence-electron chi connectivity index (χ2n) is 8.61. The van der Waals surface area contributed by atoms with Crippen LogP contribution in [-0.4, -0.2) is 37.7 Å². The van der Waals surface area contributed by atoms with E-state index in [1.54, 1.807) is 23.8 Å². The number of benzene rings is 3. The highest BCUT2D eigenvalue weighted by atomic mass is 31.2. The highest BCUT2D eigenvalue weighted by Crippen LogP contribution is 2.53. The molecule has 2 heterocycles. The molecule has 35 heavy (non-hydrogen) atoms. The molecular formula is C28H28FN2O3P. The van der Waals surface area contributed by atoms with Gasteiger partial charge in [-0.05, 0) is 17.7 Å². The van der Waals surface area contributed by atoms with E-state index in [-0.39, 0.29) is 11.9 Å². The molecule has 1 fully saturated rings. The minimum atomic E-state index is -3.12. The maximum Gasteiger partial charge on any atom is 0.198 e. The van der Waals surface area contributed by atoms with Crippen LogP contribution in [0.1, 0.15) is 22.7 Å². The molecule has 1 N–H and O–H groups in total. The summed E-state index contributed by atoms with van der Waals surface area (Å²) in [5.74, 6) is 4.26. The first-order chi connectivity index (χ1) is 17.1. The van der Waals surface area contributed by atoms with Crippen molar-refractivity contribution in [3.8, 4) is 0 Å². The summed E-state index contributed by atoms with van der Waals surface area (Å²) in [5.41, 5.74) is 2.69. The van der Waals surface area contributed by atoms with Gasteiger partial charge in [0.05, 0.1) is 13.2 Å². The van der Waals surface area contributed by atoms with Gasteiger partial charge >= 0.3 is 0 Å². The number of hydrogen-bond donors (Lipinski definition) is 1. The first-order valence-corrected chi connectivity index (χ1v) is 13.6. The Morgan fingerprint density at radius 3 is 1.91 bits per heavy atom. The largest absolute Gasteiger partial charge is 0.456 e. The molecule has 3 aromatic rings. The number of nitrogens with one attached hydrogen (secondary N) is 1. The fraction of sp³-hybridized carbons (Fsp3) is 0.214. The standard InChI is InChI=1S/C28H28FN2O3P/c29-25-13-11-22(12-14-25)26(31-15-17-33-18-16-31)19-30-35(32)20-27(23-7-3-1-4-8-23)34-28(21-35)24-9-5-2-6-10-24/h1-14,20-21,26H,15-19H2,(H,30,32)/t26-/m0/s1. The summed E-state index contributed by atoms with van der Waals surface area (Å²) in [4.78, 5) is 2.29. The molecule has 2 aliphatic heterocycles. The van der Waals surface area contributed by atoms with Crippen LogP contribution < -0.4 is 5.09 Å². The normalized spacial score (nSPS) is 18.8. The van der Waals surface area contributed by atoms with Crippen LogP contribution in [0.15, 0.2) is 96.6 Å². The Bertz CT molecular complexity index is 1180. The van der Waals surface area contributed by atoms with Crippen molar-refractivity contribution in [2.75, 3.05) is 32.8 Å². The van der Waals surface area contributed by atoms with Crippen molar-refractivity contribution in [1.29, 1.82) is 0 Å². The van der Waals surface area contributed by atoms with Gasteiger partial charge in [0.25, 0.3) is 0 Å². The van der Waals surface area contributed by atoms with Crippen LogP contribution in [0.25, 0.3) is 11.5 Å². The summed E-state index contributed by atoms with van der Waals surface area (Å²) in [6, 6.07) is 25.8. The lowest BCUT2D eigenvalue weighted by Crippen LogP contribution is -2.42. The zero-order valence-corrected chi connectivity index (χ0v) is 20.2. The SMILES string of the molecule is O=P1(NC[C@@H](c2ccc(F)cc2)N2CCOCC2)C=C(c2ccccc2)OC(c2ccccc2)=C1. The molecule has 1 atom stereocenters. The quantitative estimate of drug-likeness (QED) is 0.406.